The van der Waals surface area contributed by atoms with Crippen LogP contribution in [-0.2, 0) is 4.74 Å². The maximum absolute atomic E-state index is 14.2. The molecule has 0 N–H and O–H groups in total. The molecule has 0 aliphatic rings. The van der Waals surface area contributed by atoms with Crippen LogP contribution in [0.3, 0.4) is 0 Å². The lowest BCUT2D eigenvalue weighted by molar-refractivity contribution is 0.0540. The first kappa shape index (κ1) is 18.0. The Balaban J connectivity index is 3.44. The number of rotatable bonds is 3. The molecule has 1 amide bonds. The Kier molecular flexibility index (Phi) is 5.18. The van der Waals surface area contributed by atoms with E-state index in [1.54, 1.807) is 47.6 Å². The fourth-order valence-corrected chi connectivity index (χ4v) is 1.92. The fraction of sp³-hybridized carbons (Fsp3) is 0.529. The molecule has 1 unspecified atom stereocenters. The van der Waals surface area contributed by atoms with Crippen molar-refractivity contribution >= 4 is 11.8 Å². The normalized spacial score (nSPS) is 14.1. The van der Waals surface area contributed by atoms with E-state index >= 15 is 0 Å². The summed E-state index contributed by atoms with van der Waals surface area (Å²) in [6.45, 7) is 10.4. The minimum Gasteiger partial charge on any atom is -0.443 e. The van der Waals surface area contributed by atoms with Gasteiger partial charge in [0.05, 0.1) is 11.8 Å². The summed E-state index contributed by atoms with van der Waals surface area (Å²) >= 11 is 0. The number of halogens is 1. The van der Waals surface area contributed by atoms with E-state index in [9.17, 15) is 14.4 Å². The third kappa shape index (κ3) is 3.76. The predicted molar refractivity (Wildman–Crippen MR) is 84.0 cm³/mol. The van der Waals surface area contributed by atoms with Crippen molar-refractivity contribution in [2.45, 2.75) is 52.7 Å². The minimum atomic E-state index is -1.23. The third-order valence-corrected chi connectivity index (χ3v) is 3.48. The van der Waals surface area contributed by atoms with Gasteiger partial charge in [0.15, 0.2) is 0 Å². The molecule has 0 fully saturated rings. The van der Waals surface area contributed by atoms with E-state index in [0.29, 0.717) is 0 Å². The molecule has 0 spiro atoms. The molecule has 0 heterocycles. The second-order valence-electron chi connectivity index (χ2n) is 6.68. The molecule has 1 aromatic rings. The van der Waals surface area contributed by atoms with E-state index in [4.69, 9.17) is 4.74 Å². The average molecular weight is 306 g/mol. The van der Waals surface area contributed by atoms with Crippen molar-refractivity contribution in [2.24, 2.45) is 5.92 Å². The highest BCUT2D eigenvalue weighted by molar-refractivity contribution is 5.90. The van der Waals surface area contributed by atoms with Gasteiger partial charge in [-0.05, 0) is 45.7 Å². The van der Waals surface area contributed by atoms with Crippen LogP contribution in [0, 0.1) is 23.1 Å². The van der Waals surface area contributed by atoms with Crippen LogP contribution >= 0.6 is 0 Å². The molecule has 0 bridgehead atoms. The van der Waals surface area contributed by atoms with Crippen LogP contribution in [0.4, 0.5) is 14.9 Å². The van der Waals surface area contributed by atoms with E-state index in [1.807, 2.05) is 0 Å². The van der Waals surface area contributed by atoms with Crippen LogP contribution in [0.5, 0.6) is 0 Å². The number of ether oxygens (including phenoxy) is 1. The number of nitrogens with zero attached hydrogens (tertiary/aromatic N) is 2. The topological polar surface area (TPSA) is 53.3 Å². The molecule has 0 saturated heterocycles. The highest BCUT2D eigenvalue weighted by Crippen LogP contribution is 2.33. The first-order valence-electron chi connectivity index (χ1n) is 7.22. The Labute approximate surface area is 131 Å². The van der Waals surface area contributed by atoms with Crippen molar-refractivity contribution in [3.8, 4) is 6.07 Å². The molecule has 120 valence electrons. The number of carbonyl (C=O) groups is 1. The maximum atomic E-state index is 14.2. The molecule has 22 heavy (non-hydrogen) atoms. The van der Waals surface area contributed by atoms with Crippen LogP contribution in [-0.4, -0.2) is 17.2 Å². The molecule has 0 saturated carbocycles. The monoisotopic (exact) mass is 306 g/mol. The highest BCUT2D eigenvalue weighted by Gasteiger charge is 2.42. The van der Waals surface area contributed by atoms with Crippen LogP contribution in [0.25, 0.3) is 0 Å². The Bertz CT molecular complexity index is 587. The number of benzene rings is 1. The Morgan fingerprint density at radius 3 is 2.23 bits per heavy atom. The van der Waals surface area contributed by atoms with Crippen molar-refractivity contribution < 1.29 is 13.9 Å². The molecular weight excluding hydrogens is 283 g/mol. The van der Waals surface area contributed by atoms with Gasteiger partial charge in [0.1, 0.15) is 17.0 Å². The van der Waals surface area contributed by atoms with Crippen molar-refractivity contribution in [3.63, 3.8) is 0 Å². The van der Waals surface area contributed by atoms with Crippen molar-refractivity contribution in [3.05, 3.63) is 30.1 Å². The van der Waals surface area contributed by atoms with E-state index in [1.165, 1.54) is 18.2 Å². The zero-order chi connectivity index (χ0) is 17.1. The molecule has 0 aliphatic carbocycles. The van der Waals surface area contributed by atoms with Gasteiger partial charge in [0.25, 0.3) is 0 Å². The lowest BCUT2D eigenvalue weighted by Crippen LogP contribution is -2.54. The first-order valence-corrected chi connectivity index (χ1v) is 7.22. The van der Waals surface area contributed by atoms with Gasteiger partial charge in [0.2, 0.25) is 0 Å². The molecule has 0 aromatic heterocycles. The molecule has 5 heteroatoms. The summed E-state index contributed by atoms with van der Waals surface area (Å²) in [5.41, 5.74) is -1.94. The number of anilines is 1. The van der Waals surface area contributed by atoms with Gasteiger partial charge < -0.3 is 4.74 Å². The average Bonchev–Trinajstić information content (AvgIpc) is 2.38. The number of carbonyl (C=O) groups excluding carboxylic acids is 1. The molecule has 4 nitrogen and oxygen atoms in total. The first-order chi connectivity index (χ1) is 10.0. The van der Waals surface area contributed by atoms with Crippen molar-refractivity contribution in [2.75, 3.05) is 4.90 Å². The fourth-order valence-electron chi connectivity index (χ4n) is 1.92. The van der Waals surface area contributed by atoms with Crippen LogP contribution < -0.4 is 4.90 Å². The summed E-state index contributed by atoms with van der Waals surface area (Å²) in [4.78, 5) is 13.7. The quantitative estimate of drug-likeness (QED) is 0.826. The number of para-hydroxylation sites is 1. The van der Waals surface area contributed by atoms with Crippen LogP contribution in [0.15, 0.2) is 24.3 Å². The number of amides is 1. The molecular formula is C17H23FN2O2. The van der Waals surface area contributed by atoms with Gasteiger partial charge in [-0.3, -0.25) is 4.90 Å². The van der Waals surface area contributed by atoms with Gasteiger partial charge in [-0.25, -0.2) is 9.18 Å². The summed E-state index contributed by atoms with van der Waals surface area (Å²) in [6.07, 6.45) is -0.740. The van der Waals surface area contributed by atoms with E-state index in [0.717, 1.165) is 4.90 Å². The number of hydrogen-bond donors (Lipinski definition) is 0. The summed E-state index contributed by atoms with van der Waals surface area (Å²) in [7, 11) is 0. The Hall–Kier alpha value is -2.09. The molecule has 0 radical (unpaired) electrons. The van der Waals surface area contributed by atoms with Gasteiger partial charge in [-0.2, -0.15) is 5.26 Å². The number of nitriles is 1. The zero-order valence-corrected chi connectivity index (χ0v) is 14.0. The summed E-state index contributed by atoms with van der Waals surface area (Å²) in [5, 5.41) is 9.60. The summed E-state index contributed by atoms with van der Waals surface area (Å²) in [5.74, 6) is -0.792. The predicted octanol–water partition coefficient (Wildman–Crippen LogP) is 4.51. The third-order valence-electron chi connectivity index (χ3n) is 3.48. The summed E-state index contributed by atoms with van der Waals surface area (Å²) in [6, 6.07) is 8.00. The SMILES string of the molecule is CC(C)C(C)(C#N)N(C(=O)OC(C)(C)C)c1ccccc1F. The Morgan fingerprint density at radius 1 is 1.27 bits per heavy atom. The van der Waals surface area contributed by atoms with E-state index in [2.05, 4.69) is 6.07 Å². The molecule has 0 aliphatic heterocycles. The van der Waals surface area contributed by atoms with Crippen molar-refractivity contribution in [1.29, 1.82) is 5.26 Å². The van der Waals surface area contributed by atoms with Crippen LogP contribution in [0.2, 0.25) is 0 Å². The second-order valence-corrected chi connectivity index (χ2v) is 6.68. The number of hydrogen-bond acceptors (Lipinski definition) is 3. The minimum absolute atomic E-state index is 0.0366. The lowest BCUT2D eigenvalue weighted by Gasteiger charge is -2.39. The van der Waals surface area contributed by atoms with Gasteiger partial charge in [0, 0.05) is 0 Å². The largest absolute Gasteiger partial charge is 0.443 e. The lowest BCUT2D eigenvalue weighted by atomic mass is 9.87. The Morgan fingerprint density at radius 2 is 1.82 bits per heavy atom. The van der Waals surface area contributed by atoms with Crippen LogP contribution in [0.1, 0.15) is 41.5 Å². The van der Waals surface area contributed by atoms with E-state index in [-0.39, 0.29) is 11.6 Å². The molecule has 1 rings (SSSR count). The standard InChI is InChI=1S/C17H23FN2O2/c1-12(2)17(6,11-19)20(15(21)22-16(3,4)5)14-10-8-7-9-13(14)18/h7-10,12H,1-6H3. The second kappa shape index (κ2) is 6.35. The molecule has 1 aromatic carbocycles. The van der Waals surface area contributed by atoms with Gasteiger partial charge >= 0.3 is 6.09 Å². The van der Waals surface area contributed by atoms with Gasteiger partial charge in [-0.15, -0.1) is 0 Å². The smallest absolute Gasteiger partial charge is 0.416 e. The van der Waals surface area contributed by atoms with E-state index < -0.39 is 23.1 Å². The van der Waals surface area contributed by atoms with Crippen molar-refractivity contribution in [1.82, 2.24) is 0 Å². The summed E-state index contributed by atoms with van der Waals surface area (Å²) < 4.78 is 19.6. The molecule has 1 atom stereocenters. The zero-order valence-electron chi connectivity index (χ0n) is 14.0. The van der Waals surface area contributed by atoms with Gasteiger partial charge in [-0.1, -0.05) is 26.0 Å². The highest BCUT2D eigenvalue weighted by atomic mass is 19.1. The maximum Gasteiger partial charge on any atom is 0.416 e.